The van der Waals surface area contributed by atoms with E-state index in [1.165, 1.54) is 93.7 Å². The van der Waals surface area contributed by atoms with Crippen molar-refractivity contribution in [1.82, 2.24) is 4.90 Å². The zero-order chi connectivity index (χ0) is 26.2. The zero-order valence-electron chi connectivity index (χ0n) is 21.9. The molecule has 1 aromatic rings. The van der Waals surface area contributed by atoms with Gasteiger partial charge in [-0.25, -0.2) is 4.79 Å². The smallest absolute Gasteiger partial charge is 0.417 e. The number of benzene rings is 1. The summed E-state index contributed by atoms with van der Waals surface area (Å²) in [6, 6.07) is 3.91. The highest BCUT2D eigenvalue weighted by molar-refractivity contribution is 5.98. The van der Waals surface area contributed by atoms with E-state index in [9.17, 15) is 22.8 Å². The average molecular weight is 512 g/mol. The summed E-state index contributed by atoms with van der Waals surface area (Å²) in [5.41, 5.74) is -1.40. The van der Waals surface area contributed by atoms with E-state index >= 15 is 0 Å². The van der Waals surface area contributed by atoms with Crippen molar-refractivity contribution < 1.29 is 27.5 Å². The van der Waals surface area contributed by atoms with Crippen LogP contribution in [0.5, 0.6) is 0 Å². The number of hydrogen-bond donors (Lipinski definition) is 0. The summed E-state index contributed by atoms with van der Waals surface area (Å²) in [6.07, 6.45) is 13.7. The second-order valence-corrected chi connectivity index (χ2v) is 9.96. The summed E-state index contributed by atoms with van der Waals surface area (Å²) in [5, 5.41) is 0. The second kappa shape index (κ2) is 16.6. The van der Waals surface area contributed by atoms with Crippen molar-refractivity contribution in [2.45, 2.75) is 122 Å². The molecule has 0 saturated carbocycles. The number of likely N-dealkylation sites (tertiary alicyclic amines) is 1. The van der Waals surface area contributed by atoms with Crippen LogP contribution in [0, 0.1) is 0 Å². The fourth-order valence-corrected chi connectivity index (χ4v) is 4.89. The van der Waals surface area contributed by atoms with Gasteiger partial charge in [0.2, 0.25) is 0 Å². The number of rotatable bonds is 17. The van der Waals surface area contributed by atoms with Crippen LogP contribution in [-0.4, -0.2) is 36.0 Å². The van der Waals surface area contributed by atoms with Gasteiger partial charge in [0.15, 0.2) is 0 Å². The van der Waals surface area contributed by atoms with E-state index in [-0.39, 0.29) is 13.2 Å². The highest BCUT2D eigenvalue weighted by Gasteiger charge is 2.40. The molecular weight excluding hydrogens is 467 g/mol. The topological polar surface area (TPSA) is 46.6 Å². The van der Waals surface area contributed by atoms with Gasteiger partial charge in [-0.15, -0.1) is 0 Å². The van der Waals surface area contributed by atoms with Gasteiger partial charge in [0.05, 0.1) is 17.7 Å². The van der Waals surface area contributed by atoms with Crippen LogP contribution >= 0.6 is 0 Å². The van der Waals surface area contributed by atoms with E-state index < -0.39 is 35.2 Å². The molecule has 4 nitrogen and oxygen atoms in total. The Morgan fingerprint density at radius 3 is 1.94 bits per heavy atom. The van der Waals surface area contributed by atoms with Crippen molar-refractivity contribution in [3.63, 3.8) is 0 Å². The minimum atomic E-state index is -4.63. The molecule has 1 heterocycles. The number of hydrogen-bond acceptors (Lipinski definition) is 3. The molecule has 0 bridgehead atoms. The Balaban J connectivity index is 1.59. The molecule has 1 aromatic carbocycles. The summed E-state index contributed by atoms with van der Waals surface area (Å²) in [5.74, 6) is -1.28. The molecule has 204 valence electrons. The molecule has 0 aliphatic carbocycles. The van der Waals surface area contributed by atoms with Crippen LogP contribution in [-0.2, 0) is 15.7 Å². The predicted octanol–water partition coefficient (Wildman–Crippen LogP) is 8.33. The molecule has 1 amide bonds. The largest absolute Gasteiger partial charge is 0.464 e. The highest BCUT2D eigenvalue weighted by Crippen LogP contribution is 2.33. The summed E-state index contributed by atoms with van der Waals surface area (Å²) in [7, 11) is 0. The molecule has 1 fully saturated rings. The Morgan fingerprint density at radius 1 is 0.861 bits per heavy atom. The van der Waals surface area contributed by atoms with E-state index in [1.807, 2.05) is 0 Å². The normalized spacial score (nSPS) is 15.9. The first-order valence-electron chi connectivity index (χ1n) is 14.0. The number of halogens is 3. The maximum absolute atomic E-state index is 13.3. The number of nitrogens with zero attached hydrogens (tertiary/aromatic N) is 1. The molecule has 1 aliphatic heterocycles. The monoisotopic (exact) mass is 511 g/mol. The first kappa shape index (κ1) is 30.2. The van der Waals surface area contributed by atoms with Gasteiger partial charge < -0.3 is 9.64 Å². The Kier molecular flexibility index (Phi) is 14.0. The van der Waals surface area contributed by atoms with E-state index in [2.05, 4.69) is 6.92 Å². The van der Waals surface area contributed by atoms with Crippen LogP contribution in [0.3, 0.4) is 0 Å². The number of carbonyl (C=O) groups is 2. The molecule has 0 spiro atoms. The van der Waals surface area contributed by atoms with Crippen molar-refractivity contribution >= 4 is 11.9 Å². The van der Waals surface area contributed by atoms with E-state index in [0.29, 0.717) is 12.8 Å². The summed E-state index contributed by atoms with van der Waals surface area (Å²) in [6.45, 7) is 2.78. The van der Waals surface area contributed by atoms with E-state index in [1.54, 1.807) is 0 Å². The molecule has 7 heteroatoms. The highest BCUT2D eigenvalue weighted by atomic mass is 19.4. The molecule has 1 atom stereocenters. The molecule has 1 unspecified atom stereocenters. The number of amides is 1. The Morgan fingerprint density at radius 2 is 1.39 bits per heavy atom. The third-order valence-corrected chi connectivity index (χ3v) is 6.99. The molecule has 0 N–H and O–H groups in total. The molecule has 1 saturated heterocycles. The SMILES string of the molecule is CCCCCCCCCCCCCCCCOC(=O)C1CCCN1C(=O)c1ccccc1C(F)(F)F. The van der Waals surface area contributed by atoms with Crippen LogP contribution < -0.4 is 0 Å². The lowest BCUT2D eigenvalue weighted by Crippen LogP contribution is -2.42. The third kappa shape index (κ3) is 10.5. The number of ether oxygens (including phenoxy) is 1. The van der Waals surface area contributed by atoms with Gasteiger partial charge in [-0.1, -0.05) is 103 Å². The average Bonchev–Trinajstić information content (AvgIpc) is 3.35. The Labute approximate surface area is 215 Å². The van der Waals surface area contributed by atoms with Crippen LogP contribution in [0.2, 0.25) is 0 Å². The third-order valence-electron chi connectivity index (χ3n) is 6.99. The molecular formula is C29H44F3NO3. The van der Waals surface area contributed by atoms with Crippen molar-refractivity contribution in [3.05, 3.63) is 35.4 Å². The van der Waals surface area contributed by atoms with Crippen LogP contribution in [0.15, 0.2) is 24.3 Å². The number of alkyl halides is 3. The van der Waals surface area contributed by atoms with E-state index in [4.69, 9.17) is 4.74 Å². The lowest BCUT2D eigenvalue weighted by Gasteiger charge is -2.24. The summed E-state index contributed by atoms with van der Waals surface area (Å²) < 4.78 is 45.4. The fraction of sp³-hybridized carbons (Fsp3) is 0.724. The Bertz CT molecular complexity index is 781. The van der Waals surface area contributed by atoms with Gasteiger partial charge >= 0.3 is 12.1 Å². The van der Waals surface area contributed by atoms with Crippen molar-refractivity contribution in [2.24, 2.45) is 0 Å². The molecule has 2 rings (SSSR count). The van der Waals surface area contributed by atoms with Crippen molar-refractivity contribution in [2.75, 3.05) is 13.2 Å². The Hall–Kier alpha value is -2.05. The predicted molar refractivity (Wildman–Crippen MR) is 137 cm³/mol. The van der Waals surface area contributed by atoms with Crippen LogP contribution in [0.1, 0.15) is 126 Å². The van der Waals surface area contributed by atoms with Crippen molar-refractivity contribution in [1.29, 1.82) is 0 Å². The van der Waals surface area contributed by atoms with Gasteiger partial charge in [-0.2, -0.15) is 13.2 Å². The fourth-order valence-electron chi connectivity index (χ4n) is 4.89. The van der Waals surface area contributed by atoms with Crippen LogP contribution in [0.4, 0.5) is 13.2 Å². The maximum atomic E-state index is 13.3. The zero-order valence-corrected chi connectivity index (χ0v) is 21.9. The lowest BCUT2D eigenvalue weighted by atomic mass is 10.0. The minimum absolute atomic E-state index is 0.254. The first-order valence-corrected chi connectivity index (χ1v) is 14.0. The van der Waals surface area contributed by atoms with Gasteiger partial charge in [0.1, 0.15) is 6.04 Å². The number of esters is 1. The minimum Gasteiger partial charge on any atom is -0.464 e. The maximum Gasteiger partial charge on any atom is 0.417 e. The standard InChI is InChI=1S/C29H44F3NO3/c1-2-3-4-5-6-7-8-9-10-11-12-13-14-17-23-36-28(35)26-21-18-22-33(26)27(34)24-19-15-16-20-25(24)29(30,31)32/h15-16,19-20,26H,2-14,17-18,21-23H2,1H3. The quantitative estimate of drug-likeness (QED) is 0.156. The van der Waals surface area contributed by atoms with Gasteiger partial charge in [-0.3, -0.25) is 4.79 Å². The van der Waals surface area contributed by atoms with E-state index in [0.717, 1.165) is 25.3 Å². The molecule has 1 aliphatic rings. The first-order chi connectivity index (χ1) is 17.4. The van der Waals surface area contributed by atoms with Gasteiger partial charge in [0, 0.05) is 6.54 Å². The summed E-state index contributed by atoms with van der Waals surface area (Å²) >= 11 is 0. The van der Waals surface area contributed by atoms with Crippen LogP contribution in [0.25, 0.3) is 0 Å². The molecule has 0 aromatic heterocycles. The molecule has 36 heavy (non-hydrogen) atoms. The lowest BCUT2D eigenvalue weighted by molar-refractivity contribution is -0.148. The molecule has 0 radical (unpaired) electrons. The van der Waals surface area contributed by atoms with Gasteiger partial charge in [0.25, 0.3) is 5.91 Å². The van der Waals surface area contributed by atoms with Crippen molar-refractivity contribution in [3.8, 4) is 0 Å². The number of carbonyl (C=O) groups excluding carboxylic acids is 2. The number of unbranched alkanes of at least 4 members (excludes halogenated alkanes) is 13. The summed E-state index contributed by atoms with van der Waals surface area (Å²) in [4.78, 5) is 26.7. The van der Waals surface area contributed by atoms with Gasteiger partial charge in [-0.05, 0) is 31.4 Å². The second-order valence-electron chi connectivity index (χ2n) is 9.96.